The lowest BCUT2D eigenvalue weighted by Crippen LogP contribution is -2.08. The fourth-order valence-corrected chi connectivity index (χ4v) is 2.88. The molecule has 0 unspecified atom stereocenters. The highest BCUT2D eigenvalue weighted by Crippen LogP contribution is 2.22. The van der Waals surface area contributed by atoms with Crippen LogP contribution in [0.1, 0.15) is 18.3 Å². The Morgan fingerprint density at radius 3 is 2.76 bits per heavy atom. The first-order valence-corrected chi connectivity index (χ1v) is 7.92. The summed E-state index contributed by atoms with van der Waals surface area (Å²) in [5.41, 5.74) is 4.59. The number of aryl methyl sites for hydroxylation is 2. The minimum Gasteiger partial charge on any atom is -0.378 e. The first kappa shape index (κ1) is 14.1. The van der Waals surface area contributed by atoms with Crippen molar-refractivity contribution >= 4 is 32.7 Å². The zero-order chi connectivity index (χ0) is 14.8. The van der Waals surface area contributed by atoms with Gasteiger partial charge in [0.1, 0.15) is 5.82 Å². The van der Waals surface area contributed by atoms with Crippen LogP contribution >= 0.6 is 15.9 Å². The summed E-state index contributed by atoms with van der Waals surface area (Å²) in [4.78, 5) is 4.73. The summed E-state index contributed by atoms with van der Waals surface area (Å²) in [6, 6.07) is 14.6. The van der Waals surface area contributed by atoms with Crippen LogP contribution in [0.2, 0.25) is 0 Å². The molecule has 0 radical (unpaired) electrons. The number of nitrogens with one attached hydrogen (secondary N) is 1. The zero-order valence-corrected chi connectivity index (χ0v) is 13.8. The van der Waals surface area contributed by atoms with E-state index in [0.717, 1.165) is 34.6 Å². The summed E-state index contributed by atoms with van der Waals surface area (Å²) >= 11 is 3.57. The van der Waals surface area contributed by atoms with Crippen molar-refractivity contribution in [2.24, 2.45) is 0 Å². The third-order valence-corrected chi connectivity index (χ3v) is 4.53. The van der Waals surface area contributed by atoms with Crippen LogP contribution in [-0.4, -0.2) is 9.55 Å². The van der Waals surface area contributed by atoms with Crippen molar-refractivity contribution in [2.45, 2.75) is 26.9 Å². The van der Waals surface area contributed by atoms with Gasteiger partial charge in [0.15, 0.2) is 0 Å². The quantitative estimate of drug-likeness (QED) is 0.741. The molecule has 1 aromatic heterocycles. The smallest absolute Gasteiger partial charge is 0.129 e. The fourth-order valence-electron chi connectivity index (χ4n) is 2.50. The predicted octanol–water partition coefficient (Wildman–Crippen LogP) is 4.74. The highest BCUT2D eigenvalue weighted by Gasteiger charge is 2.08. The van der Waals surface area contributed by atoms with E-state index >= 15 is 0 Å². The van der Waals surface area contributed by atoms with E-state index in [0.29, 0.717) is 0 Å². The standard InChI is InChI=1S/C17H18BrN3/c1-3-21-16-7-5-4-6-15(16)20-17(21)11-19-13-9-8-12(2)14(18)10-13/h4-10,19H,3,11H2,1-2H3. The van der Waals surface area contributed by atoms with Gasteiger partial charge in [0.05, 0.1) is 17.6 Å². The molecule has 0 aliphatic heterocycles. The van der Waals surface area contributed by atoms with Crippen LogP contribution in [0.5, 0.6) is 0 Å². The third kappa shape index (κ3) is 2.81. The predicted molar refractivity (Wildman–Crippen MR) is 91.6 cm³/mol. The Bertz CT molecular complexity index is 777. The monoisotopic (exact) mass is 343 g/mol. The van der Waals surface area contributed by atoms with Crippen molar-refractivity contribution in [3.8, 4) is 0 Å². The van der Waals surface area contributed by atoms with E-state index in [4.69, 9.17) is 4.98 Å². The molecule has 3 nitrogen and oxygen atoms in total. The number of fused-ring (bicyclic) bond motifs is 1. The second-order valence-corrected chi connectivity index (χ2v) is 5.93. The molecule has 0 aliphatic carbocycles. The van der Waals surface area contributed by atoms with Crippen LogP contribution in [0.3, 0.4) is 0 Å². The summed E-state index contributed by atoms with van der Waals surface area (Å²) in [5, 5.41) is 3.45. The summed E-state index contributed by atoms with van der Waals surface area (Å²) in [7, 11) is 0. The molecule has 0 atom stereocenters. The van der Waals surface area contributed by atoms with Crippen molar-refractivity contribution in [1.82, 2.24) is 9.55 Å². The highest BCUT2D eigenvalue weighted by atomic mass is 79.9. The van der Waals surface area contributed by atoms with Crippen molar-refractivity contribution in [3.05, 3.63) is 58.3 Å². The van der Waals surface area contributed by atoms with Gasteiger partial charge in [0.25, 0.3) is 0 Å². The number of imidazole rings is 1. The van der Waals surface area contributed by atoms with Crippen LogP contribution in [0.4, 0.5) is 5.69 Å². The van der Waals surface area contributed by atoms with Crippen LogP contribution in [0.15, 0.2) is 46.9 Å². The maximum Gasteiger partial charge on any atom is 0.129 e. The van der Waals surface area contributed by atoms with Crippen LogP contribution in [0, 0.1) is 6.92 Å². The van der Waals surface area contributed by atoms with E-state index in [1.54, 1.807) is 0 Å². The van der Waals surface area contributed by atoms with E-state index in [2.05, 4.69) is 76.1 Å². The molecule has 0 bridgehead atoms. The van der Waals surface area contributed by atoms with E-state index in [9.17, 15) is 0 Å². The molecular weight excluding hydrogens is 326 g/mol. The molecule has 0 amide bonds. The van der Waals surface area contributed by atoms with Crippen LogP contribution in [-0.2, 0) is 13.1 Å². The lowest BCUT2D eigenvalue weighted by molar-refractivity contribution is 0.729. The SMILES string of the molecule is CCn1c(CNc2ccc(C)c(Br)c2)nc2ccccc21. The summed E-state index contributed by atoms with van der Waals surface area (Å²) < 4.78 is 3.38. The molecule has 21 heavy (non-hydrogen) atoms. The van der Waals surface area contributed by atoms with E-state index in [1.165, 1.54) is 11.1 Å². The van der Waals surface area contributed by atoms with Gasteiger partial charge in [-0.25, -0.2) is 4.98 Å². The lowest BCUT2D eigenvalue weighted by atomic mass is 10.2. The van der Waals surface area contributed by atoms with E-state index < -0.39 is 0 Å². The fraction of sp³-hybridized carbons (Fsp3) is 0.235. The molecule has 0 spiro atoms. The summed E-state index contributed by atoms with van der Waals surface area (Å²) in [6.07, 6.45) is 0. The van der Waals surface area contributed by atoms with Crippen molar-refractivity contribution in [3.63, 3.8) is 0 Å². The van der Waals surface area contributed by atoms with Crippen molar-refractivity contribution < 1.29 is 0 Å². The first-order valence-electron chi connectivity index (χ1n) is 7.13. The number of para-hydroxylation sites is 2. The molecule has 108 valence electrons. The van der Waals surface area contributed by atoms with Crippen LogP contribution in [0.25, 0.3) is 11.0 Å². The number of nitrogens with zero attached hydrogens (tertiary/aromatic N) is 2. The molecule has 4 heteroatoms. The second-order valence-electron chi connectivity index (χ2n) is 5.08. The second kappa shape index (κ2) is 5.90. The van der Waals surface area contributed by atoms with E-state index in [-0.39, 0.29) is 0 Å². The third-order valence-electron chi connectivity index (χ3n) is 3.67. The van der Waals surface area contributed by atoms with Gasteiger partial charge in [-0.3, -0.25) is 0 Å². The van der Waals surface area contributed by atoms with Gasteiger partial charge in [-0.1, -0.05) is 34.1 Å². The van der Waals surface area contributed by atoms with Crippen LogP contribution < -0.4 is 5.32 Å². The Balaban J connectivity index is 1.86. The maximum atomic E-state index is 4.73. The Labute approximate surface area is 133 Å². The average molecular weight is 344 g/mol. The minimum absolute atomic E-state index is 0.720. The molecular formula is C17H18BrN3. The number of aromatic nitrogens is 2. The maximum absolute atomic E-state index is 4.73. The molecule has 3 aromatic rings. The molecule has 0 saturated heterocycles. The molecule has 0 aliphatic rings. The van der Waals surface area contributed by atoms with Gasteiger partial charge < -0.3 is 9.88 Å². The Hall–Kier alpha value is -1.81. The Morgan fingerprint density at radius 2 is 2.00 bits per heavy atom. The highest BCUT2D eigenvalue weighted by molar-refractivity contribution is 9.10. The molecule has 0 saturated carbocycles. The number of benzene rings is 2. The number of anilines is 1. The zero-order valence-electron chi connectivity index (χ0n) is 12.2. The van der Waals surface area contributed by atoms with Gasteiger partial charge >= 0.3 is 0 Å². The number of rotatable bonds is 4. The Kier molecular flexibility index (Phi) is 3.97. The minimum atomic E-state index is 0.720. The average Bonchev–Trinajstić information content (AvgIpc) is 2.86. The number of hydrogen-bond donors (Lipinski definition) is 1. The van der Waals surface area contributed by atoms with Gasteiger partial charge in [-0.15, -0.1) is 0 Å². The molecule has 1 heterocycles. The van der Waals surface area contributed by atoms with E-state index in [1.807, 2.05) is 6.07 Å². The number of halogens is 1. The van der Waals surface area contributed by atoms with Gasteiger partial charge in [-0.05, 0) is 43.7 Å². The van der Waals surface area contributed by atoms with Crippen molar-refractivity contribution in [1.29, 1.82) is 0 Å². The van der Waals surface area contributed by atoms with Gasteiger partial charge in [-0.2, -0.15) is 0 Å². The molecule has 0 fully saturated rings. The number of hydrogen-bond acceptors (Lipinski definition) is 2. The van der Waals surface area contributed by atoms with Crippen molar-refractivity contribution in [2.75, 3.05) is 5.32 Å². The topological polar surface area (TPSA) is 29.9 Å². The summed E-state index contributed by atoms with van der Waals surface area (Å²) in [6.45, 7) is 5.89. The molecule has 2 aromatic carbocycles. The largest absolute Gasteiger partial charge is 0.378 e. The normalized spacial score (nSPS) is 11.0. The van der Waals surface area contributed by atoms with Gasteiger partial charge in [0, 0.05) is 16.7 Å². The first-order chi connectivity index (χ1) is 10.2. The molecule has 3 rings (SSSR count). The lowest BCUT2D eigenvalue weighted by Gasteiger charge is -2.09. The Morgan fingerprint density at radius 1 is 1.19 bits per heavy atom. The molecule has 1 N–H and O–H groups in total. The summed E-state index contributed by atoms with van der Waals surface area (Å²) in [5.74, 6) is 1.07. The van der Waals surface area contributed by atoms with Gasteiger partial charge in [0.2, 0.25) is 0 Å².